The molecule has 108 valence electrons. The second-order valence-corrected chi connectivity index (χ2v) is 5.44. The fourth-order valence-corrected chi connectivity index (χ4v) is 2.64. The Morgan fingerprint density at radius 3 is 2.23 bits per heavy atom. The number of amides is 1. The van der Waals surface area contributed by atoms with E-state index in [1.54, 1.807) is 4.90 Å². The molecule has 1 amide bonds. The number of nitrogens with zero attached hydrogens (tertiary/aromatic N) is 1. The molecule has 0 spiro atoms. The first kappa shape index (κ1) is 14.4. The lowest BCUT2D eigenvalue weighted by Gasteiger charge is -2.27. The molecule has 2 nitrogen and oxygen atoms in total. The maximum Gasteiger partial charge on any atom is 0.262 e. The highest BCUT2D eigenvalue weighted by atomic mass is 32.1. The van der Waals surface area contributed by atoms with E-state index in [4.69, 9.17) is 12.2 Å². The Labute approximate surface area is 135 Å². The molecule has 0 saturated carbocycles. The zero-order chi connectivity index (χ0) is 15.4. The molecule has 0 atom stereocenters. The number of anilines is 1. The average Bonchev–Trinajstić information content (AvgIpc) is 2.58. The number of carbonyl (C=O) groups excluding carboxylic acids is 1. The first-order chi connectivity index (χ1) is 10.8. The lowest BCUT2D eigenvalue weighted by molar-refractivity contribution is 0.0996. The highest BCUT2D eigenvalue weighted by molar-refractivity contribution is 7.80. The molecule has 0 radical (unpaired) electrons. The maximum absolute atomic E-state index is 13.0. The molecule has 0 saturated heterocycles. The third-order valence-electron chi connectivity index (χ3n) is 3.46. The van der Waals surface area contributed by atoms with Gasteiger partial charge in [-0.2, -0.15) is 0 Å². The Bertz CT molecular complexity index is 748. The number of carbonyl (C=O) groups is 1. The van der Waals surface area contributed by atoms with Gasteiger partial charge in [0.05, 0.1) is 5.70 Å². The van der Waals surface area contributed by atoms with Gasteiger partial charge in [0.2, 0.25) is 0 Å². The Morgan fingerprint density at radius 1 is 0.955 bits per heavy atom. The highest BCUT2D eigenvalue weighted by Crippen LogP contribution is 2.25. The van der Waals surface area contributed by atoms with Crippen LogP contribution in [0.5, 0.6) is 0 Å². The summed E-state index contributed by atoms with van der Waals surface area (Å²) in [5, 5.41) is 0. The summed E-state index contributed by atoms with van der Waals surface area (Å²) in [5.74, 6) is -0.0734. The summed E-state index contributed by atoms with van der Waals surface area (Å²) < 4.78 is 0. The minimum Gasteiger partial charge on any atom is -0.276 e. The van der Waals surface area contributed by atoms with Crippen LogP contribution in [-0.2, 0) is 0 Å². The van der Waals surface area contributed by atoms with Crippen molar-refractivity contribution in [1.29, 1.82) is 0 Å². The number of benzene rings is 2. The quantitative estimate of drug-likeness (QED) is 0.776. The zero-order valence-corrected chi connectivity index (χ0v) is 12.8. The Hall–Kier alpha value is -2.52. The predicted octanol–water partition coefficient (Wildman–Crippen LogP) is 4.55. The number of hydrogen-bond acceptors (Lipinski definition) is 2. The average molecular weight is 305 g/mol. The van der Waals surface area contributed by atoms with Crippen molar-refractivity contribution in [3.05, 3.63) is 90.2 Å². The van der Waals surface area contributed by atoms with E-state index in [1.807, 2.05) is 78.9 Å². The molecular formula is C19H15NOS. The van der Waals surface area contributed by atoms with Crippen molar-refractivity contribution < 1.29 is 4.79 Å². The van der Waals surface area contributed by atoms with Gasteiger partial charge < -0.3 is 0 Å². The first-order valence-electron chi connectivity index (χ1n) is 7.12. The van der Waals surface area contributed by atoms with Crippen LogP contribution >= 0.6 is 12.2 Å². The summed E-state index contributed by atoms with van der Waals surface area (Å²) in [4.78, 5) is 15.5. The summed E-state index contributed by atoms with van der Waals surface area (Å²) in [6, 6.07) is 18.9. The molecule has 0 unspecified atom stereocenters. The van der Waals surface area contributed by atoms with E-state index >= 15 is 0 Å². The van der Waals surface area contributed by atoms with Crippen molar-refractivity contribution in [1.82, 2.24) is 0 Å². The van der Waals surface area contributed by atoms with Gasteiger partial charge in [0.25, 0.3) is 5.91 Å². The molecule has 0 N–H and O–H groups in total. The van der Waals surface area contributed by atoms with Gasteiger partial charge in [-0.05, 0) is 30.3 Å². The van der Waals surface area contributed by atoms with Gasteiger partial charge in [-0.25, -0.2) is 0 Å². The highest BCUT2D eigenvalue weighted by Gasteiger charge is 2.24. The molecular weight excluding hydrogens is 290 g/mol. The van der Waals surface area contributed by atoms with Crippen molar-refractivity contribution >= 4 is 28.7 Å². The van der Waals surface area contributed by atoms with Gasteiger partial charge in [-0.3, -0.25) is 9.69 Å². The number of allylic oxidation sites excluding steroid dienone is 4. The van der Waals surface area contributed by atoms with E-state index in [0.29, 0.717) is 12.0 Å². The predicted molar refractivity (Wildman–Crippen MR) is 94.1 cm³/mol. The molecule has 1 aliphatic rings. The summed E-state index contributed by atoms with van der Waals surface area (Å²) >= 11 is 5.46. The molecule has 0 heterocycles. The molecule has 2 aromatic carbocycles. The zero-order valence-electron chi connectivity index (χ0n) is 12.0. The Kier molecular flexibility index (Phi) is 4.26. The van der Waals surface area contributed by atoms with Gasteiger partial charge >= 0.3 is 0 Å². The Morgan fingerprint density at radius 2 is 1.59 bits per heavy atom. The van der Waals surface area contributed by atoms with Crippen LogP contribution < -0.4 is 4.90 Å². The number of thiocarbonyl (C=S) groups is 1. The van der Waals surface area contributed by atoms with E-state index in [1.165, 1.54) is 0 Å². The fourth-order valence-electron chi connectivity index (χ4n) is 2.38. The second kappa shape index (κ2) is 6.50. The smallest absolute Gasteiger partial charge is 0.262 e. The van der Waals surface area contributed by atoms with Crippen molar-refractivity contribution in [3.63, 3.8) is 0 Å². The third-order valence-corrected chi connectivity index (χ3v) is 3.83. The van der Waals surface area contributed by atoms with Crippen LogP contribution in [0.2, 0.25) is 0 Å². The van der Waals surface area contributed by atoms with Gasteiger partial charge in [0, 0.05) is 22.5 Å². The van der Waals surface area contributed by atoms with Gasteiger partial charge in [-0.1, -0.05) is 60.8 Å². The van der Waals surface area contributed by atoms with Crippen LogP contribution in [0.3, 0.4) is 0 Å². The maximum atomic E-state index is 13.0. The van der Waals surface area contributed by atoms with Crippen molar-refractivity contribution in [2.45, 2.75) is 6.42 Å². The van der Waals surface area contributed by atoms with Crippen LogP contribution in [0.25, 0.3) is 0 Å². The standard InChI is InChI=1S/C19H15NOS/c21-19(15-9-3-1-4-10-15)20(16-11-5-2-6-12-16)17-13-7-8-14-18(17)22/h1-13H,14H2. The second-order valence-electron chi connectivity index (χ2n) is 4.95. The van der Waals surface area contributed by atoms with Crippen molar-refractivity contribution in [2.24, 2.45) is 0 Å². The van der Waals surface area contributed by atoms with Crippen LogP contribution in [-0.4, -0.2) is 10.8 Å². The minimum atomic E-state index is -0.0734. The monoisotopic (exact) mass is 305 g/mol. The van der Waals surface area contributed by atoms with Crippen LogP contribution in [0.15, 0.2) is 84.6 Å². The van der Waals surface area contributed by atoms with Crippen LogP contribution in [0.1, 0.15) is 16.8 Å². The molecule has 3 heteroatoms. The van der Waals surface area contributed by atoms with Gasteiger partial charge in [0.1, 0.15) is 0 Å². The lowest BCUT2D eigenvalue weighted by atomic mass is 10.1. The first-order valence-corrected chi connectivity index (χ1v) is 7.53. The fraction of sp³-hybridized carbons (Fsp3) is 0.0526. The summed E-state index contributed by atoms with van der Waals surface area (Å²) in [7, 11) is 0. The molecule has 22 heavy (non-hydrogen) atoms. The van der Waals surface area contributed by atoms with Crippen molar-refractivity contribution in [3.8, 4) is 0 Å². The SMILES string of the molecule is O=C(c1ccccc1)N(C1=CC=CCC1=S)c1ccccc1. The summed E-state index contributed by atoms with van der Waals surface area (Å²) in [6.45, 7) is 0. The van der Waals surface area contributed by atoms with Gasteiger partial charge in [0.15, 0.2) is 0 Å². The molecule has 0 aromatic heterocycles. The van der Waals surface area contributed by atoms with E-state index in [-0.39, 0.29) is 5.91 Å². The number of para-hydroxylation sites is 1. The molecule has 1 aliphatic carbocycles. The topological polar surface area (TPSA) is 20.3 Å². The van der Waals surface area contributed by atoms with Crippen LogP contribution in [0, 0.1) is 0 Å². The lowest BCUT2D eigenvalue weighted by Crippen LogP contribution is -2.33. The largest absolute Gasteiger partial charge is 0.276 e. The molecule has 0 bridgehead atoms. The van der Waals surface area contributed by atoms with E-state index in [2.05, 4.69) is 0 Å². The van der Waals surface area contributed by atoms with E-state index in [9.17, 15) is 4.79 Å². The number of rotatable bonds is 3. The van der Waals surface area contributed by atoms with Crippen LogP contribution in [0.4, 0.5) is 5.69 Å². The van der Waals surface area contributed by atoms with E-state index in [0.717, 1.165) is 16.2 Å². The molecule has 3 rings (SSSR count). The molecule has 0 aliphatic heterocycles. The van der Waals surface area contributed by atoms with E-state index < -0.39 is 0 Å². The summed E-state index contributed by atoms with van der Waals surface area (Å²) in [6.07, 6.45) is 6.54. The number of hydrogen-bond donors (Lipinski definition) is 0. The van der Waals surface area contributed by atoms with Gasteiger partial charge in [-0.15, -0.1) is 0 Å². The third kappa shape index (κ3) is 2.90. The molecule has 0 fully saturated rings. The summed E-state index contributed by atoms with van der Waals surface area (Å²) in [5.41, 5.74) is 2.24. The minimum absolute atomic E-state index is 0.0734. The normalized spacial score (nSPS) is 13.6. The van der Waals surface area contributed by atoms with Crippen molar-refractivity contribution in [2.75, 3.05) is 4.90 Å². The Balaban J connectivity index is 2.08. The molecule has 2 aromatic rings.